The first-order chi connectivity index (χ1) is 10.6. The maximum Gasteiger partial charge on any atom is 0.330 e. The van der Waals surface area contributed by atoms with Crippen molar-refractivity contribution in [2.75, 3.05) is 0 Å². The Morgan fingerprint density at radius 2 is 1.13 bits per heavy atom. The molecular formula is C19H22O4. The molecule has 3 N–H and O–H groups in total. The lowest BCUT2D eigenvalue weighted by atomic mass is 9.78. The summed E-state index contributed by atoms with van der Waals surface area (Å²) in [5, 5.41) is 26.5. The number of phenolic OH excluding ortho intramolecular Hbond substituents is 2. The van der Waals surface area contributed by atoms with E-state index in [9.17, 15) is 15.0 Å². The van der Waals surface area contributed by atoms with Gasteiger partial charge in [-0.1, -0.05) is 44.7 Å². The van der Waals surface area contributed by atoms with Gasteiger partial charge in [0.05, 0.1) is 0 Å². The summed E-state index contributed by atoms with van der Waals surface area (Å²) in [4.78, 5) is 9.60. The molecule has 0 aliphatic rings. The second-order valence-corrected chi connectivity index (χ2v) is 5.80. The van der Waals surface area contributed by atoms with Crippen LogP contribution in [0, 0.1) is 0 Å². The molecule has 0 fully saturated rings. The predicted molar refractivity (Wildman–Crippen MR) is 90.8 cm³/mol. The molecule has 122 valence electrons. The van der Waals surface area contributed by atoms with E-state index in [1.165, 1.54) is 6.92 Å². The van der Waals surface area contributed by atoms with Gasteiger partial charge in [0.25, 0.3) is 0 Å². The van der Waals surface area contributed by atoms with Crippen LogP contribution in [0.1, 0.15) is 31.9 Å². The Bertz CT molecular complexity index is 608. The molecule has 0 aliphatic heterocycles. The van der Waals surface area contributed by atoms with Gasteiger partial charge in [-0.2, -0.15) is 0 Å². The van der Waals surface area contributed by atoms with Crippen molar-refractivity contribution < 1.29 is 20.1 Å². The highest BCUT2D eigenvalue weighted by atomic mass is 16.4. The molecule has 0 atom stereocenters. The van der Waals surface area contributed by atoms with E-state index in [0.29, 0.717) is 0 Å². The molecule has 0 heterocycles. The fraction of sp³-hybridized carbons (Fsp3) is 0.211. The Kier molecular flexibility index (Phi) is 5.96. The monoisotopic (exact) mass is 314 g/mol. The van der Waals surface area contributed by atoms with Crippen molar-refractivity contribution in [3.8, 4) is 11.5 Å². The van der Waals surface area contributed by atoms with Gasteiger partial charge in [-0.25, -0.2) is 4.79 Å². The predicted octanol–water partition coefficient (Wildman–Crippen LogP) is 4.07. The SMILES string of the molecule is C=C(C)C(=O)O.CC(C)(c1ccc(O)cc1)c1ccc(O)cc1. The van der Waals surface area contributed by atoms with E-state index in [2.05, 4.69) is 20.4 Å². The number of hydrogen-bond donors (Lipinski definition) is 3. The Morgan fingerprint density at radius 3 is 1.35 bits per heavy atom. The number of carboxylic acids is 1. The number of carbonyl (C=O) groups is 1. The summed E-state index contributed by atoms with van der Waals surface area (Å²) < 4.78 is 0. The quantitative estimate of drug-likeness (QED) is 0.746. The first kappa shape index (κ1) is 18.3. The lowest BCUT2D eigenvalue weighted by Gasteiger charge is -2.26. The number of benzene rings is 2. The average molecular weight is 314 g/mol. The third-order valence-corrected chi connectivity index (χ3v) is 3.54. The number of aromatic hydroxyl groups is 2. The Morgan fingerprint density at radius 1 is 0.870 bits per heavy atom. The molecular weight excluding hydrogens is 292 g/mol. The van der Waals surface area contributed by atoms with Gasteiger partial charge in [0, 0.05) is 11.0 Å². The topological polar surface area (TPSA) is 77.8 Å². The molecule has 0 bridgehead atoms. The van der Waals surface area contributed by atoms with Crippen molar-refractivity contribution in [1.29, 1.82) is 0 Å². The van der Waals surface area contributed by atoms with Gasteiger partial charge < -0.3 is 15.3 Å². The van der Waals surface area contributed by atoms with E-state index in [1.807, 2.05) is 24.3 Å². The van der Waals surface area contributed by atoms with E-state index < -0.39 is 5.97 Å². The van der Waals surface area contributed by atoms with Crippen molar-refractivity contribution in [2.24, 2.45) is 0 Å². The van der Waals surface area contributed by atoms with Gasteiger partial charge in [-0.15, -0.1) is 0 Å². The van der Waals surface area contributed by atoms with Crippen LogP contribution in [-0.4, -0.2) is 21.3 Å². The van der Waals surface area contributed by atoms with Crippen LogP contribution in [-0.2, 0) is 10.2 Å². The molecule has 0 saturated carbocycles. The van der Waals surface area contributed by atoms with Crippen LogP contribution >= 0.6 is 0 Å². The van der Waals surface area contributed by atoms with Crippen LogP contribution in [0.2, 0.25) is 0 Å². The number of phenols is 2. The molecule has 0 aliphatic carbocycles. The molecule has 0 aromatic heterocycles. The maximum absolute atomic E-state index is 9.60. The van der Waals surface area contributed by atoms with Crippen molar-refractivity contribution in [3.05, 3.63) is 71.8 Å². The maximum atomic E-state index is 9.60. The van der Waals surface area contributed by atoms with Crippen molar-refractivity contribution in [3.63, 3.8) is 0 Å². The highest BCUT2D eigenvalue weighted by Crippen LogP contribution is 2.32. The molecule has 4 heteroatoms. The Balaban J connectivity index is 0.000000379. The summed E-state index contributed by atoms with van der Waals surface area (Å²) in [6.45, 7) is 8.84. The van der Waals surface area contributed by atoms with E-state index in [0.717, 1.165) is 11.1 Å². The number of aliphatic carboxylic acids is 1. The molecule has 0 amide bonds. The van der Waals surface area contributed by atoms with Crippen molar-refractivity contribution >= 4 is 5.97 Å². The molecule has 23 heavy (non-hydrogen) atoms. The normalized spacial score (nSPS) is 10.4. The lowest BCUT2D eigenvalue weighted by molar-refractivity contribution is -0.132. The second kappa shape index (κ2) is 7.49. The van der Waals surface area contributed by atoms with E-state index in [4.69, 9.17) is 5.11 Å². The van der Waals surface area contributed by atoms with Crippen molar-refractivity contribution in [2.45, 2.75) is 26.2 Å². The second-order valence-electron chi connectivity index (χ2n) is 5.80. The van der Waals surface area contributed by atoms with Gasteiger partial charge in [-0.05, 0) is 42.3 Å². The highest BCUT2D eigenvalue weighted by Gasteiger charge is 2.22. The Hall–Kier alpha value is -2.75. The molecule has 2 aromatic carbocycles. The smallest absolute Gasteiger partial charge is 0.330 e. The fourth-order valence-corrected chi connectivity index (χ4v) is 1.92. The van der Waals surface area contributed by atoms with Crippen LogP contribution in [0.3, 0.4) is 0 Å². The molecule has 0 radical (unpaired) electrons. The van der Waals surface area contributed by atoms with Crippen LogP contribution in [0.25, 0.3) is 0 Å². The zero-order chi connectivity index (χ0) is 17.6. The van der Waals surface area contributed by atoms with E-state index in [1.54, 1.807) is 24.3 Å². The minimum atomic E-state index is -0.935. The third kappa shape index (κ3) is 5.18. The first-order valence-electron chi connectivity index (χ1n) is 7.12. The molecule has 0 unspecified atom stereocenters. The third-order valence-electron chi connectivity index (χ3n) is 3.54. The summed E-state index contributed by atoms with van der Waals surface area (Å²) in [6, 6.07) is 14.4. The van der Waals surface area contributed by atoms with Crippen LogP contribution < -0.4 is 0 Å². The van der Waals surface area contributed by atoms with Crippen LogP contribution in [0.5, 0.6) is 11.5 Å². The van der Waals surface area contributed by atoms with E-state index >= 15 is 0 Å². The van der Waals surface area contributed by atoms with Crippen LogP contribution in [0.15, 0.2) is 60.7 Å². The summed E-state index contributed by atoms with van der Waals surface area (Å²) >= 11 is 0. The van der Waals surface area contributed by atoms with Gasteiger partial charge in [0.1, 0.15) is 11.5 Å². The molecule has 0 saturated heterocycles. The van der Waals surface area contributed by atoms with Crippen molar-refractivity contribution in [1.82, 2.24) is 0 Å². The summed E-state index contributed by atoms with van der Waals surface area (Å²) in [5.41, 5.74) is 2.28. The summed E-state index contributed by atoms with van der Waals surface area (Å²) in [6.07, 6.45) is 0. The number of rotatable bonds is 3. The first-order valence-corrected chi connectivity index (χ1v) is 7.12. The standard InChI is InChI=1S/C15H16O2.C4H6O2/c1-15(2,11-3-7-13(16)8-4-11)12-5-9-14(17)10-6-12;1-3(2)4(5)6/h3-10,16-17H,1-2H3;1H2,2H3,(H,5,6). The van der Waals surface area contributed by atoms with Crippen LogP contribution in [0.4, 0.5) is 0 Å². The molecule has 4 nitrogen and oxygen atoms in total. The highest BCUT2D eigenvalue weighted by molar-refractivity contribution is 5.84. The fourth-order valence-electron chi connectivity index (χ4n) is 1.92. The average Bonchev–Trinajstić information content (AvgIpc) is 2.48. The zero-order valence-electron chi connectivity index (χ0n) is 13.6. The lowest BCUT2D eigenvalue weighted by Crippen LogP contribution is -2.18. The summed E-state index contributed by atoms with van der Waals surface area (Å²) in [7, 11) is 0. The molecule has 2 aromatic rings. The Labute approximate surface area is 136 Å². The largest absolute Gasteiger partial charge is 0.508 e. The zero-order valence-corrected chi connectivity index (χ0v) is 13.6. The molecule has 0 spiro atoms. The minimum Gasteiger partial charge on any atom is -0.508 e. The number of hydrogen-bond acceptors (Lipinski definition) is 3. The summed E-state index contributed by atoms with van der Waals surface area (Å²) in [5.74, 6) is -0.388. The van der Waals surface area contributed by atoms with E-state index in [-0.39, 0.29) is 22.5 Å². The van der Waals surface area contributed by atoms with Gasteiger partial charge >= 0.3 is 5.97 Å². The van der Waals surface area contributed by atoms with Gasteiger partial charge in [-0.3, -0.25) is 0 Å². The number of carboxylic acid groups (broad SMARTS) is 1. The van der Waals surface area contributed by atoms with Gasteiger partial charge in [0.2, 0.25) is 0 Å². The van der Waals surface area contributed by atoms with Gasteiger partial charge in [0.15, 0.2) is 0 Å². The minimum absolute atomic E-state index is 0.151. The molecule has 2 rings (SSSR count).